The lowest BCUT2D eigenvalue weighted by Crippen LogP contribution is -2.40. The molecule has 0 bridgehead atoms. The van der Waals surface area contributed by atoms with Gasteiger partial charge < -0.3 is 10.4 Å². The van der Waals surface area contributed by atoms with Crippen molar-refractivity contribution < 1.29 is 29.2 Å². The molecule has 10 heteroatoms. The van der Waals surface area contributed by atoms with Crippen molar-refractivity contribution in [3.63, 3.8) is 0 Å². The Kier molecular flexibility index (Phi) is 4.86. The molecule has 0 atom stereocenters. The number of non-ortho nitro benzene ring substituents is 1. The molecule has 0 unspecified atom stereocenters. The van der Waals surface area contributed by atoms with Gasteiger partial charge in [0, 0.05) is 18.7 Å². The van der Waals surface area contributed by atoms with Crippen LogP contribution in [0.3, 0.4) is 0 Å². The third-order valence-corrected chi connectivity index (χ3v) is 4.13. The number of carboxylic acids is 1. The lowest BCUT2D eigenvalue weighted by molar-refractivity contribution is -0.384. The number of aromatic carboxylic acids is 1. The highest BCUT2D eigenvalue weighted by Gasteiger charge is 2.37. The van der Waals surface area contributed by atoms with Crippen molar-refractivity contribution in [2.45, 2.75) is 6.54 Å². The van der Waals surface area contributed by atoms with Crippen LogP contribution in [0.5, 0.6) is 0 Å². The van der Waals surface area contributed by atoms with Gasteiger partial charge >= 0.3 is 5.97 Å². The number of nitrogens with zero attached hydrogens (tertiary/aromatic N) is 2. The summed E-state index contributed by atoms with van der Waals surface area (Å²) in [5.41, 5.74) is 0.142. The van der Waals surface area contributed by atoms with Gasteiger partial charge in [0.2, 0.25) is 5.91 Å². The second kappa shape index (κ2) is 7.27. The largest absolute Gasteiger partial charge is 0.478 e. The van der Waals surface area contributed by atoms with Gasteiger partial charge in [0.25, 0.3) is 17.5 Å². The van der Waals surface area contributed by atoms with Crippen LogP contribution in [0, 0.1) is 10.1 Å². The van der Waals surface area contributed by atoms with E-state index in [2.05, 4.69) is 5.32 Å². The summed E-state index contributed by atoms with van der Waals surface area (Å²) in [5.74, 6) is -3.23. The molecule has 2 aromatic rings. The number of hydrogen-bond donors (Lipinski definition) is 2. The van der Waals surface area contributed by atoms with Crippen molar-refractivity contribution in [1.82, 2.24) is 10.2 Å². The van der Waals surface area contributed by atoms with Crippen molar-refractivity contribution >= 4 is 29.4 Å². The normalized spacial score (nSPS) is 12.6. The van der Waals surface area contributed by atoms with Crippen molar-refractivity contribution in [3.05, 3.63) is 74.8 Å². The van der Waals surface area contributed by atoms with Gasteiger partial charge in [0.1, 0.15) is 6.54 Å². The molecule has 1 heterocycles. The van der Waals surface area contributed by atoms with E-state index in [-0.39, 0.29) is 28.9 Å². The Hall–Kier alpha value is -4.08. The second-order valence-electron chi connectivity index (χ2n) is 5.97. The van der Waals surface area contributed by atoms with Gasteiger partial charge in [-0.1, -0.05) is 12.1 Å². The fraction of sp³-hybridized carbons (Fsp3) is 0.111. The smallest absolute Gasteiger partial charge is 0.335 e. The Morgan fingerprint density at radius 1 is 1.07 bits per heavy atom. The molecule has 28 heavy (non-hydrogen) atoms. The van der Waals surface area contributed by atoms with E-state index in [0.717, 1.165) is 12.1 Å². The minimum Gasteiger partial charge on any atom is -0.478 e. The first kappa shape index (κ1) is 18.7. The number of carboxylic acid groups (broad SMARTS) is 1. The highest BCUT2D eigenvalue weighted by atomic mass is 16.6. The summed E-state index contributed by atoms with van der Waals surface area (Å²) < 4.78 is 0. The SMILES string of the molecule is O=C(CN1C(=O)c2ccc([N+](=O)[O-])cc2C1=O)NCc1cccc(C(=O)O)c1. The number of nitro groups is 1. The zero-order valence-electron chi connectivity index (χ0n) is 14.2. The maximum absolute atomic E-state index is 12.3. The number of nitrogens with one attached hydrogen (secondary N) is 1. The van der Waals surface area contributed by atoms with Crippen LogP contribution in [-0.2, 0) is 11.3 Å². The summed E-state index contributed by atoms with van der Waals surface area (Å²) in [7, 11) is 0. The summed E-state index contributed by atoms with van der Waals surface area (Å²) in [6.45, 7) is -0.548. The lowest BCUT2D eigenvalue weighted by Gasteiger charge is -2.13. The molecule has 2 N–H and O–H groups in total. The van der Waals surface area contributed by atoms with Crippen LogP contribution in [0.15, 0.2) is 42.5 Å². The maximum Gasteiger partial charge on any atom is 0.335 e. The molecule has 0 fully saturated rings. The van der Waals surface area contributed by atoms with E-state index in [0.29, 0.717) is 10.5 Å². The minimum atomic E-state index is -1.10. The number of nitro benzene ring substituents is 1. The van der Waals surface area contributed by atoms with Gasteiger partial charge in [-0.15, -0.1) is 0 Å². The molecule has 3 rings (SSSR count). The summed E-state index contributed by atoms with van der Waals surface area (Å²) in [5, 5.41) is 22.3. The van der Waals surface area contributed by atoms with Crippen LogP contribution in [0.25, 0.3) is 0 Å². The number of amides is 3. The van der Waals surface area contributed by atoms with Crippen molar-refractivity contribution in [1.29, 1.82) is 0 Å². The van der Waals surface area contributed by atoms with Crippen LogP contribution in [-0.4, -0.2) is 45.2 Å². The average molecular weight is 383 g/mol. The minimum absolute atomic E-state index is 0.00226. The van der Waals surface area contributed by atoms with Crippen LogP contribution >= 0.6 is 0 Å². The number of carbonyl (C=O) groups is 4. The number of fused-ring (bicyclic) bond motifs is 1. The Morgan fingerprint density at radius 3 is 2.46 bits per heavy atom. The number of hydrogen-bond acceptors (Lipinski definition) is 6. The van der Waals surface area contributed by atoms with Crippen molar-refractivity contribution in [3.8, 4) is 0 Å². The van der Waals surface area contributed by atoms with Crippen molar-refractivity contribution in [2.24, 2.45) is 0 Å². The quantitative estimate of drug-likeness (QED) is 0.433. The maximum atomic E-state index is 12.3. The van der Waals surface area contributed by atoms with Gasteiger partial charge in [-0.2, -0.15) is 0 Å². The first-order valence-corrected chi connectivity index (χ1v) is 8.01. The first-order chi connectivity index (χ1) is 13.3. The molecule has 0 aliphatic carbocycles. The van der Waals surface area contributed by atoms with Crippen LogP contribution in [0.1, 0.15) is 36.6 Å². The van der Waals surface area contributed by atoms with Crippen LogP contribution in [0.4, 0.5) is 5.69 Å². The zero-order valence-corrected chi connectivity index (χ0v) is 14.2. The molecule has 0 radical (unpaired) electrons. The fourth-order valence-electron chi connectivity index (χ4n) is 2.75. The summed E-state index contributed by atoms with van der Waals surface area (Å²) >= 11 is 0. The second-order valence-corrected chi connectivity index (χ2v) is 5.97. The van der Waals surface area contributed by atoms with Gasteiger partial charge in [-0.25, -0.2) is 4.79 Å². The molecule has 10 nitrogen and oxygen atoms in total. The van der Waals surface area contributed by atoms with Crippen LogP contribution in [0.2, 0.25) is 0 Å². The number of rotatable bonds is 6. The number of carbonyl (C=O) groups excluding carboxylic acids is 3. The van der Waals surface area contributed by atoms with Gasteiger partial charge in [-0.05, 0) is 23.8 Å². The third kappa shape index (κ3) is 3.56. The van der Waals surface area contributed by atoms with E-state index >= 15 is 0 Å². The Labute approximate surface area is 157 Å². The summed E-state index contributed by atoms with van der Waals surface area (Å²) in [6, 6.07) is 9.25. The van der Waals surface area contributed by atoms with Gasteiger partial charge in [-0.3, -0.25) is 29.4 Å². The Balaban J connectivity index is 1.67. The highest BCUT2D eigenvalue weighted by Crippen LogP contribution is 2.26. The molecule has 1 aliphatic rings. The Morgan fingerprint density at radius 2 is 1.79 bits per heavy atom. The molecule has 3 amide bonds. The highest BCUT2D eigenvalue weighted by molar-refractivity contribution is 6.22. The van der Waals surface area contributed by atoms with Crippen LogP contribution < -0.4 is 5.32 Å². The van der Waals surface area contributed by atoms with E-state index < -0.39 is 35.2 Å². The zero-order chi connectivity index (χ0) is 20.4. The van der Waals surface area contributed by atoms with Gasteiger partial charge in [0.05, 0.1) is 21.6 Å². The lowest BCUT2D eigenvalue weighted by atomic mass is 10.1. The van der Waals surface area contributed by atoms with Gasteiger partial charge in [0.15, 0.2) is 0 Å². The summed E-state index contributed by atoms with van der Waals surface area (Å²) in [4.78, 5) is 58.6. The molecule has 142 valence electrons. The van der Waals surface area contributed by atoms with E-state index in [4.69, 9.17) is 5.11 Å². The standard InChI is InChI=1S/C18H13N3O7/c22-15(19-8-10-2-1-3-11(6-10)18(25)26)9-20-16(23)13-5-4-12(21(27)28)7-14(13)17(20)24/h1-7H,8-9H2,(H,19,22)(H,25,26). The van der Waals surface area contributed by atoms with Crippen molar-refractivity contribution in [2.75, 3.05) is 6.54 Å². The third-order valence-electron chi connectivity index (χ3n) is 4.13. The fourth-order valence-corrected chi connectivity index (χ4v) is 2.75. The molecule has 0 aromatic heterocycles. The summed E-state index contributed by atoms with van der Waals surface area (Å²) in [6.07, 6.45) is 0. The molecular weight excluding hydrogens is 370 g/mol. The van der Waals surface area contributed by atoms with E-state index in [1.54, 1.807) is 6.07 Å². The van der Waals surface area contributed by atoms with E-state index in [1.807, 2.05) is 0 Å². The molecule has 0 saturated heterocycles. The molecule has 2 aromatic carbocycles. The molecule has 0 saturated carbocycles. The monoisotopic (exact) mass is 383 g/mol. The Bertz CT molecular complexity index is 1030. The topological polar surface area (TPSA) is 147 Å². The van der Waals surface area contributed by atoms with E-state index in [1.165, 1.54) is 24.3 Å². The average Bonchev–Trinajstić information content (AvgIpc) is 2.91. The number of imide groups is 1. The number of benzene rings is 2. The molecule has 1 aliphatic heterocycles. The van der Waals surface area contributed by atoms with E-state index in [9.17, 15) is 29.3 Å². The predicted molar refractivity (Wildman–Crippen MR) is 93.7 cm³/mol. The molecule has 0 spiro atoms. The first-order valence-electron chi connectivity index (χ1n) is 8.01. The predicted octanol–water partition coefficient (Wildman–Crippen LogP) is 1.21. The molecular formula is C18H13N3O7.